The van der Waals surface area contributed by atoms with Gasteiger partial charge in [0, 0.05) is 24.7 Å². The fraction of sp³-hybridized carbons (Fsp3) is 0.533. The summed E-state index contributed by atoms with van der Waals surface area (Å²) in [6.45, 7) is 5.24. The number of aliphatic carboxylic acids is 1. The zero-order valence-corrected chi connectivity index (χ0v) is 12.5. The molecule has 0 saturated heterocycles. The third-order valence-corrected chi connectivity index (χ3v) is 3.20. The van der Waals surface area contributed by atoms with Crippen LogP contribution in [0.5, 0.6) is 11.5 Å². The summed E-state index contributed by atoms with van der Waals surface area (Å²) in [4.78, 5) is 12.8. The third-order valence-electron chi connectivity index (χ3n) is 3.20. The molecule has 0 amide bonds. The molecule has 5 heteroatoms. The standard InChI is InChI=1S/C15H23NO4/c1-11(2)16(9-8-14(17)18)10-12-6-5-7-13(19-3)15(12)20-4/h5-7,11H,8-10H2,1-4H3,(H,17,18). The molecule has 0 spiro atoms. The number of ether oxygens (including phenoxy) is 2. The van der Waals surface area contributed by atoms with E-state index in [2.05, 4.69) is 18.7 Å². The lowest BCUT2D eigenvalue weighted by atomic mass is 10.1. The van der Waals surface area contributed by atoms with Gasteiger partial charge in [-0.3, -0.25) is 9.69 Å². The summed E-state index contributed by atoms with van der Waals surface area (Å²) in [6, 6.07) is 5.98. The highest BCUT2D eigenvalue weighted by atomic mass is 16.5. The van der Waals surface area contributed by atoms with Gasteiger partial charge in [-0.2, -0.15) is 0 Å². The van der Waals surface area contributed by atoms with E-state index in [-0.39, 0.29) is 12.5 Å². The number of nitrogens with zero attached hydrogens (tertiary/aromatic N) is 1. The highest BCUT2D eigenvalue weighted by Gasteiger charge is 2.16. The Bertz CT molecular complexity index is 445. The first-order valence-corrected chi connectivity index (χ1v) is 6.65. The first-order chi connectivity index (χ1) is 9.49. The molecule has 0 aliphatic rings. The second-order valence-corrected chi connectivity index (χ2v) is 4.86. The van der Waals surface area contributed by atoms with Gasteiger partial charge in [0.25, 0.3) is 0 Å². The van der Waals surface area contributed by atoms with Crippen LogP contribution in [-0.4, -0.2) is 42.8 Å². The minimum atomic E-state index is -0.784. The van der Waals surface area contributed by atoms with Crippen LogP contribution in [0.2, 0.25) is 0 Å². The van der Waals surface area contributed by atoms with Gasteiger partial charge in [-0.15, -0.1) is 0 Å². The van der Waals surface area contributed by atoms with Crippen LogP contribution in [0.1, 0.15) is 25.8 Å². The average molecular weight is 281 g/mol. The maximum atomic E-state index is 10.7. The molecule has 0 aromatic heterocycles. The Labute approximate surface area is 120 Å². The zero-order chi connectivity index (χ0) is 15.1. The third kappa shape index (κ3) is 4.42. The van der Waals surface area contributed by atoms with Gasteiger partial charge < -0.3 is 14.6 Å². The van der Waals surface area contributed by atoms with Crippen LogP contribution in [0.3, 0.4) is 0 Å². The summed E-state index contributed by atoms with van der Waals surface area (Å²) >= 11 is 0. The summed E-state index contributed by atoms with van der Waals surface area (Å²) in [5.41, 5.74) is 0.992. The van der Waals surface area contributed by atoms with Crippen molar-refractivity contribution < 1.29 is 19.4 Å². The molecule has 0 saturated carbocycles. The fourth-order valence-electron chi connectivity index (χ4n) is 2.06. The van der Waals surface area contributed by atoms with Crippen molar-refractivity contribution in [3.63, 3.8) is 0 Å². The van der Waals surface area contributed by atoms with Crippen molar-refractivity contribution in [2.75, 3.05) is 20.8 Å². The Hall–Kier alpha value is -1.75. The van der Waals surface area contributed by atoms with E-state index in [1.165, 1.54) is 0 Å². The van der Waals surface area contributed by atoms with Gasteiger partial charge in [-0.1, -0.05) is 12.1 Å². The van der Waals surface area contributed by atoms with Crippen molar-refractivity contribution in [2.24, 2.45) is 0 Å². The Kier molecular flexibility index (Phi) is 6.31. The van der Waals surface area contributed by atoms with Gasteiger partial charge in [0.2, 0.25) is 0 Å². The van der Waals surface area contributed by atoms with Crippen LogP contribution >= 0.6 is 0 Å². The SMILES string of the molecule is COc1cccc(CN(CCC(=O)O)C(C)C)c1OC. The van der Waals surface area contributed by atoms with Crippen LogP contribution in [0, 0.1) is 0 Å². The van der Waals surface area contributed by atoms with Gasteiger partial charge in [0.1, 0.15) is 0 Å². The number of methoxy groups -OCH3 is 2. The van der Waals surface area contributed by atoms with E-state index < -0.39 is 5.97 Å². The second kappa shape index (κ2) is 7.75. The molecule has 1 aromatic rings. The molecule has 112 valence electrons. The number of rotatable bonds is 8. The topological polar surface area (TPSA) is 59.0 Å². The lowest BCUT2D eigenvalue weighted by Crippen LogP contribution is -2.32. The summed E-state index contributed by atoms with van der Waals surface area (Å²) in [5.74, 6) is 0.608. The molecule has 20 heavy (non-hydrogen) atoms. The Morgan fingerprint density at radius 2 is 2.00 bits per heavy atom. The quantitative estimate of drug-likeness (QED) is 0.793. The van der Waals surface area contributed by atoms with Crippen LogP contribution in [0.15, 0.2) is 18.2 Å². The van der Waals surface area contributed by atoms with E-state index in [1.807, 2.05) is 18.2 Å². The molecule has 0 aliphatic carbocycles. The number of carbonyl (C=O) groups is 1. The molecule has 0 unspecified atom stereocenters. The molecule has 0 heterocycles. The zero-order valence-electron chi connectivity index (χ0n) is 12.5. The van der Waals surface area contributed by atoms with Crippen molar-refractivity contribution in [1.29, 1.82) is 0 Å². The molecule has 5 nitrogen and oxygen atoms in total. The molecule has 1 rings (SSSR count). The van der Waals surface area contributed by atoms with Gasteiger partial charge in [-0.05, 0) is 19.9 Å². The first-order valence-electron chi connectivity index (χ1n) is 6.65. The molecular formula is C15H23NO4. The van der Waals surface area contributed by atoms with Crippen molar-refractivity contribution in [1.82, 2.24) is 4.90 Å². The van der Waals surface area contributed by atoms with Crippen LogP contribution in [-0.2, 0) is 11.3 Å². The van der Waals surface area contributed by atoms with Crippen LogP contribution in [0.4, 0.5) is 0 Å². The smallest absolute Gasteiger partial charge is 0.304 e. The van der Waals surface area contributed by atoms with E-state index in [4.69, 9.17) is 14.6 Å². The maximum absolute atomic E-state index is 10.7. The van der Waals surface area contributed by atoms with Crippen LogP contribution < -0.4 is 9.47 Å². The molecule has 0 bridgehead atoms. The highest BCUT2D eigenvalue weighted by molar-refractivity contribution is 5.66. The maximum Gasteiger partial charge on any atom is 0.304 e. The van der Waals surface area contributed by atoms with E-state index in [0.29, 0.717) is 24.6 Å². The molecule has 0 aliphatic heterocycles. The first kappa shape index (κ1) is 16.3. The molecule has 0 radical (unpaired) electrons. The lowest BCUT2D eigenvalue weighted by Gasteiger charge is -2.27. The van der Waals surface area contributed by atoms with Gasteiger partial charge in [-0.25, -0.2) is 0 Å². The Balaban J connectivity index is 2.90. The lowest BCUT2D eigenvalue weighted by molar-refractivity contribution is -0.137. The molecule has 1 aromatic carbocycles. The van der Waals surface area contributed by atoms with E-state index in [9.17, 15) is 4.79 Å². The minimum absolute atomic E-state index is 0.129. The Morgan fingerprint density at radius 1 is 1.30 bits per heavy atom. The molecule has 0 fully saturated rings. The van der Waals surface area contributed by atoms with Crippen molar-refractivity contribution >= 4 is 5.97 Å². The number of carboxylic acid groups (broad SMARTS) is 1. The summed E-state index contributed by atoms with van der Waals surface area (Å²) in [5, 5.41) is 8.82. The average Bonchev–Trinajstić information content (AvgIpc) is 2.42. The number of hydrogen-bond donors (Lipinski definition) is 1. The van der Waals surface area contributed by atoms with Crippen LogP contribution in [0.25, 0.3) is 0 Å². The summed E-state index contributed by atoms with van der Waals surface area (Å²) in [6.07, 6.45) is 0.129. The Morgan fingerprint density at radius 3 is 2.50 bits per heavy atom. The summed E-state index contributed by atoms with van der Waals surface area (Å²) in [7, 11) is 3.21. The number of benzene rings is 1. The van der Waals surface area contributed by atoms with Gasteiger partial charge >= 0.3 is 5.97 Å². The highest BCUT2D eigenvalue weighted by Crippen LogP contribution is 2.31. The van der Waals surface area contributed by atoms with E-state index in [1.54, 1.807) is 14.2 Å². The minimum Gasteiger partial charge on any atom is -0.493 e. The van der Waals surface area contributed by atoms with Crippen molar-refractivity contribution in [2.45, 2.75) is 32.9 Å². The normalized spacial score (nSPS) is 10.9. The van der Waals surface area contributed by atoms with Crippen molar-refractivity contribution in [3.05, 3.63) is 23.8 Å². The number of carboxylic acids is 1. The molecule has 0 atom stereocenters. The van der Waals surface area contributed by atoms with Gasteiger partial charge in [0.05, 0.1) is 20.6 Å². The molecular weight excluding hydrogens is 258 g/mol. The second-order valence-electron chi connectivity index (χ2n) is 4.86. The monoisotopic (exact) mass is 281 g/mol. The predicted molar refractivity (Wildman–Crippen MR) is 77.3 cm³/mol. The van der Waals surface area contributed by atoms with E-state index in [0.717, 1.165) is 5.56 Å². The largest absolute Gasteiger partial charge is 0.493 e. The van der Waals surface area contributed by atoms with E-state index >= 15 is 0 Å². The number of para-hydroxylation sites is 1. The predicted octanol–water partition coefficient (Wildman–Crippen LogP) is 2.39. The number of hydrogen-bond acceptors (Lipinski definition) is 4. The summed E-state index contributed by atoms with van der Waals surface area (Å²) < 4.78 is 10.7. The van der Waals surface area contributed by atoms with Crippen molar-refractivity contribution in [3.8, 4) is 11.5 Å². The fourth-order valence-corrected chi connectivity index (χ4v) is 2.06. The van der Waals surface area contributed by atoms with Gasteiger partial charge in [0.15, 0.2) is 11.5 Å². The molecule has 1 N–H and O–H groups in total.